The average molecular weight is 328 g/mol. The zero-order chi connectivity index (χ0) is 17.5. The van der Waals surface area contributed by atoms with Crippen molar-refractivity contribution in [2.75, 3.05) is 27.7 Å². The number of benzene rings is 1. The van der Waals surface area contributed by atoms with Crippen LogP contribution in [0.4, 0.5) is 0 Å². The lowest BCUT2D eigenvalue weighted by atomic mass is 10.1. The first-order valence-corrected chi connectivity index (χ1v) is 7.81. The number of carbonyl (C=O) groups is 1. The number of furan rings is 1. The minimum atomic E-state index is -0.156. The van der Waals surface area contributed by atoms with Gasteiger partial charge in [-0.25, -0.2) is 0 Å². The molecule has 1 heterocycles. The SMILES string of the molecule is COc1ccc(C)cc1/C=C/C(=O)NCC(c1ccco1)N(C)C. The summed E-state index contributed by atoms with van der Waals surface area (Å²) in [7, 11) is 5.52. The van der Waals surface area contributed by atoms with Gasteiger partial charge in [-0.3, -0.25) is 9.69 Å². The molecule has 0 saturated carbocycles. The maximum Gasteiger partial charge on any atom is 0.244 e. The van der Waals surface area contributed by atoms with Gasteiger partial charge in [0.25, 0.3) is 0 Å². The molecule has 0 aliphatic rings. The first-order valence-electron chi connectivity index (χ1n) is 7.81. The molecule has 1 amide bonds. The van der Waals surface area contributed by atoms with Crippen LogP contribution in [0.2, 0.25) is 0 Å². The molecule has 2 rings (SSSR count). The van der Waals surface area contributed by atoms with E-state index in [1.54, 1.807) is 19.4 Å². The number of aryl methyl sites for hydroxylation is 1. The average Bonchev–Trinajstić information content (AvgIpc) is 3.07. The van der Waals surface area contributed by atoms with Crippen LogP contribution in [0.3, 0.4) is 0 Å². The summed E-state index contributed by atoms with van der Waals surface area (Å²) in [6.45, 7) is 2.47. The first-order chi connectivity index (χ1) is 11.5. The van der Waals surface area contributed by atoms with Crippen LogP contribution in [0.5, 0.6) is 5.75 Å². The highest BCUT2D eigenvalue weighted by Gasteiger charge is 2.17. The molecule has 0 saturated heterocycles. The van der Waals surface area contributed by atoms with Crippen molar-refractivity contribution >= 4 is 12.0 Å². The number of hydrogen-bond acceptors (Lipinski definition) is 4. The molecule has 0 aliphatic heterocycles. The van der Waals surface area contributed by atoms with Crippen molar-refractivity contribution in [2.24, 2.45) is 0 Å². The zero-order valence-corrected chi connectivity index (χ0v) is 14.6. The molecule has 0 aliphatic carbocycles. The molecule has 0 radical (unpaired) electrons. The van der Waals surface area contributed by atoms with E-state index in [1.165, 1.54) is 6.08 Å². The fraction of sp³-hybridized carbons (Fsp3) is 0.316. The number of nitrogens with zero attached hydrogens (tertiary/aromatic N) is 1. The van der Waals surface area contributed by atoms with Crippen LogP contribution in [0.15, 0.2) is 47.1 Å². The van der Waals surface area contributed by atoms with Crippen LogP contribution in [0, 0.1) is 6.92 Å². The molecule has 1 N–H and O–H groups in total. The van der Waals surface area contributed by atoms with Crippen LogP contribution in [0.25, 0.3) is 6.08 Å². The van der Waals surface area contributed by atoms with E-state index < -0.39 is 0 Å². The Kier molecular flexibility index (Phi) is 6.21. The fourth-order valence-electron chi connectivity index (χ4n) is 2.42. The highest BCUT2D eigenvalue weighted by molar-refractivity contribution is 5.92. The third kappa shape index (κ3) is 4.73. The highest BCUT2D eigenvalue weighted by atomic mass is 16.5. The maximum atomic E-state index is 12.1. The Morgan fingerprint density at radius 2 is 2.17 bits per heavy atom. The molecule has 1 aromatic carbocycles. The zero-order valence-electron chi connectivity index (χ0n) is 14.6. The summed E-state index contributed by atoms with van der Waals surface area (Å²) in [6, 6.07) is 9.59. The topological polar surface area (TPSA) is 54.7 Å². The van der Waals surface area contributed by atoms with Crippen molar-refractivity contribution < 1.29 is 13.9 Å². The molecule has 24 heavy (non-hydrogen) atoms. The van der Waals surface area contributed by atoms with Crippen molar-refractivity contribution in [1.29, 1.82) is 0 Å². The Morgan fingerprint density at radius 3 is 2.79 bits per heavy atom. The Hall–Kier alpha value is -2.53. The fourth-order valence-corrected chi connectivity index (χ4v) is 2.42. The number of carbonyl (C=O) groups excluding carboxylic acids is 1. The summed E-state index contributed by atoms with van der Waals surface area (Å²) in [5.41, 5.74) is 1.99. The highest BCUT2D eigenvalue weighted by Crippen LogP contribution is 2.21. The van der Waals surface area contributed by atoms with E-state index in [-0.39, 0.29) is 11.9 Å². The molecule has 5 heteroatoms. The molecule has 5 nitrogen and oxygen atoms in total. The lowest BCUT2D eigenvalue weighted by molar-refractivity contribution is -0.116. The molecule has 0 fully saturated rings. The predicted octanol–water partition coefficient (Wildman–Crippen LogP) is 3.03. The second kappa shape index (κ2) is 8.36. The summed E-state index contributed by atoms with van der Waals surface area (Å²) in [5.74, 6) is 1.41. The van der Waals surface area contributed by atoms with Gasteiger partial charge in [0.15, 0.2) is 0 Å². The number of ether oxygens (including phenoxy) is 1. The van der Waals surface area contributed by atoms with Crippen molar-refractivity contribution in [2.45, 2.75) is 13.0 Å². The molecular weight excluding hydrogens is 304 g/mol. The van der Waals surface area contributed by atoms with E-state index in [2.05, 4.69) is 5.32 Å². The Morgan fingerprint density at radius 1 is 1.38 bits per heavy atom. The number of rotatable bonds is 7. The van der Waals surface area contributed by atoms with Gasteiger partial charge in [-0.15, -0.1) is 0 Å². The standard InChI is InChI=1S/C19H24N2O3/c1-14-7-9-17(23-4)15(12-14)8-10-19(22)20-13-16(21(2)3)18-6-5-11-24-18/h5-12,16H,13H2,1-4H3,(H,20,22)/b10-8+. The van der Waals surface area contributed by atoms with Gasteiger partial charge >= 0.3 is 0 Å². The summed E-state index contributed by atoms with van der Waals surface area (Å²) < 4.78 is 10.7. The van der Waals surface area contributed by atoms with Crippen LogP contribution >= 0.6 is 0 Å². The van der Waals surface area contributed by atoms with Gasteiger partial charge in [0, 0.05) is 18.2 Å². The third-order valence-electron chi connectivity index (χ3n) is 3.76. The molecule has 1 unspecified atom stereocenters. The lowest BCUT2D eigenvalue weighted by Gasteiger charge is -2.22. The molecule has 0 spiro atoms. The summed E-state index contributed by atoms with van der Waals surface area (Å²) in [6.07, 6.45) is 4.92. The number of hydrogen-bond donors (Lipinski definition) is 1. The first kappa shape index (κ1) is 17.8. The Labute approximate surface area is 142 Å². The van der Waals surface area contributed by atoms with E-state index in [1.807, 2.05) is 56.3 Å². The van der Waals surface area contributed by atoms with Crippen molar-refractivity contribution in [1.82, 2.24) is 10.2 Å². The summed E-state index contributed by atoms with van der Waals surface area (Å²) in [4.78, 5) is 14.1. The molecular formula is C19H24N2O3. The monoisotopic (exact) mass is 328 g/mol. The Balaban J connectivity index is 1.99. The largest absolute Gasteiger partial charge is 0.496 e. The van der Waals surface area contributed by atoms with Crippen LogP contribution in [-0.4, -0.2) is 38.6 Å². The minimum absolute atomic E-state index is 0.00847. The lowest BCUT2D eigenvalue weighted by Crippen LogP contribution is -2.33. The number of amides is 1. The summed E-state index contributed by atoms with van der Waals surface area (Å²) >= 11 is 0. The van der Waals surface area contributed by atoms with Gasteiger partial charge in [-0.1, -0.05) is 11.6 Å². The maximum absolute atomic E-state index is 12.1. The number of likely N-dealkylation sites (N-methyl/N-ethyl adjacent to an activating group) is 1. The van der Waals surface area contributed by atoms with Gasteiger partial charge in [0.1, 0.15) is 11.5 Å². The molecule has 1 aromatic heterocycles. The number of nitrogens with one attached hydrogen (secondary N) is 1. The second-order valence-electron chi connectivity index (χ2n) is 5.82. The molecule has 1 atom stereocenters. The van der Waals surface area contributed by atoms with Crippen LogP contribution in [0.1, 0.15) is 22.9 Å². The van der Waals surface area contributed by atoms with E-state index in [0.717, 1.165) is 22.6 Å². The van der Waals surface area contributed by atoms with E-state index in [0.29, 0.717) is 6.54 Å². The predicted molar refractivity (Wildman–Crippen MR) is 94.9 cm³/mol. The van der Waals surface area contributed by atoms with Gasteiger partial charge in [-0.2, -0.15) is 0 Å². The van der Waals surface area contributed by atoms with Gasteiger partial charge in [-0.05, 0) is 51.4 Å². The van der Waals surface area contributed by atoms with Crippen molar-refractivity contribution in [3.63, 3.8) is 0 Å². The quantitative estimate of drug-likeness (QED) is 0.794. The third-order valence-corrected chi connectivity index (χ3v) is 3.76. The normalized spacial score (nSPS) is 12.5. The van der Waals surface area contributed by atoms with Gasteiger partial charge in [0.2, 0.25) is 5.91 Å². The second-order valence-corrected chi connectivity index (χ2v) is 5.82. The van der Waals surface area contributed by atoms with E-state index >= 15 is 0 Å². The van der Waals surface area contributed by atoms with Crippen molar-refractivity contribution in [3.8, 4) is 5.75 Å². The van der Waals surface area contributed by atoms with E-state index in [9.17, 15) is 4.79 Å². The smallest absolute Gasteiger partial charge is 0.244 e. The number of methoxy groups -OCH3 is 1. The summed E-state index contributed by atoms with van der Waals surface area (Å²) in [5, 5.41) is 2.91. The van der Waals surface area contributed by atoms with Crippen molar-refractivity contribution in [3.05, 3.63) is 59.6 Å². The van der Waals surface area contributed by atoms with Crippen LogP contribution in [-0.2, 0) is 4.79 Å². The Bertz CT molecular complexity index is 691. The van der Waals surface area contributed by atoms with Gasteiger partial charge in [0.05, 0.1) is 19.4 Å². The minimum Gasteiger partial charge on any atom is -0.496 e. The molecule has 0 bridgehead atoms. The van der Waals surface area contributed by atoms with Crippen LogP contribution < -0.4 is 10.1 Å². The van der Waals surface area contributed by atoms with E-state index in [4.69, 9.17) is 9.15 Å². The molecule has 128 valence electrons. The van der Waals surface area contributed by atoms with Gasteiger partial charge < -0.3 is 14.5 Å². The molecule has 2 aromatic rings.